The average molecular weight is 337 g/mol. The van der Waals surface area contributed by atoms with E-state index < -0.39 is 0 Å². The quantitative estimate of drug-likeness (QED) is 0.875. The Kier molecular flexibility index (Phi) is 5.64. The van der Waals surface area contributed by atoms with E-state index in [2.05, 4.69) is 50.2 Å². The van der Waals surface area contributed by atoms with Crippen LogP contribution in [0.25, 0.3) is 0 Å². The molecule has 0 aliphatic carbocycles. The minimum Gasteiger partial charge on any atom is -0.385 e. The Morgan fingerprint density at radius 1 is 1.40 bits per heavy atom. The zero-order valence-corrected chi connectivity index (χ0v) is 12.1. The number of hydrogen-bond acceptors (Lipinski definition) is 2. The number of rotatable bonds is 5. The van der Waals surface area contributed by atoms with Crippen LogP contribution >= 0.6 is 31.9 Å². The molecule has 1 unspecified atom stereocenters. The zero-order chi connectivity index (χ0) is 11.3. The number of nitrogens with one attached hydrogen (secondary N) is 1. The van der Waals surface area contributed by atoms with E-state index in [0.717, 1.165) is 27.7 Å². The molecule has 0 bridgehead atoms. The van der Waals surface area contributed by atoms with Crippen molar-refractivity contribution in [1.82, 2.24) is 0 Å². The Hall–Kier alpha value is -0.0600. The van der Waals surface area contributed by atoms with E-state index in [0.29, 0.717) is 6.04 Å². The zero-order valence-electron chi connectivity index (χ0n) is 8.89. The second-order valence-corrected chi connectivity index (χ2v) is 5.22. The molecule has 0 fully saturated rings. The molecule has 0 aliphatic rings. The highest BCUT2D eigenvalue weighted by Crippen LogP contribution is 2.26. The Labute approximate surface area is 108 Å². The highest BCUT2D eigenvalue weighted by molar-refractivity contribution is 9.11. The van der Waals surface area contributed by atoms with Gasteiger partial charge in [0.2, 0.25) is 0 Å². The standard InChI is InChI=1S/C11H15Br2NO/c1-8(5-6-15-2)14-11-4-3-9(12)7-10(11)13/h3-4,7-8,14H,5-6H2,1-2H3. The summed E-state index contributed by atoms with van der Waals surface area (Å²) < 4.78 is 7.18. The van der Waals surface area contributed by atoms with Gasteiger partial charge in [-0.3, -0.25) is 0 Å². The fourth-order valence-corrected chi connectivity index (χ4v) is 2.40. The molecule has 0 spiro atoms. The minimum atomic E-state index is 0.405. The number of methoxy groups -OCH3 is 1. The maximum Gasteiger partial charge on any atom is 0.0487 e. The first-order valence-electron chi connectivity index (χ1n) is 4.84. The van der Waals surface area contributed by atoms with Gasteiger partial charge in [0, 0.05) is 34.4 Å². The molecular weight excluding hydrogens is 322 g/mol. The Bertz CT molecular complexity index is 317. The fraction of sp³-hybridized carbons (Fsp3) is 0.455. The van der Waals surface area contributed by atoms with Crippen LogP contribution < -0.4 is 5.32 Å². The Balaban J connectivity index is 2.56. The van der Waals surface area contributed by atoms with E-state index in [1.54, 1.807) is 7.11 Å². The molecule has 1 aromatic carbocycles. The van der Waals surface area contributed by atoms with Gasteiger partial charge < -0.3 is 10.1 Å². The van der Waals surface area contributed by atoms with Crippen molar-refractivity contribution in [3.8, 4) is 0 Å². The van der Waals surface area contributed by atoms with Crippen LogP contribution in [-0.4, -0.2) is 19.8 Å². The first-order valence-corrected chi connectivity index (χ1v) is 6.42. The molecule has 0 aromatic heterocycles. The summed E-state index contributed by atoms with van der Waals surface area (Å²) in [6.07, 6.45) is 0.999. The van der Waals surface area contributed by atoms with Crippen LogP contribution in [0.15, 0.2) is 27.1 Å². The number of hydrogen-bond donors (Lipinski definition) is 1. The maximum atomic E-state index is 5.04. The minimum absolute atomic E-state index is 0.405. The van der Waals surface area contributed by atoms with Crippen molar-refractivity contribution in [2.45, 2.75) is 19.4 Å². The van der Waals surface area contributed by atoms with Crippen LogP contribution in [-0.2, 0) is 4.74 Å². The Morgan fingerprint density at radius 3 is 2.73 bits per heavy atom. The molecule has 0 aliphatic heterocycles. The molecule has 0 radical (unpaired) electrons. The molecule has 2 nitrogen and oxygen atoms in total. The van der Waals surface area contributed by atoms with Gasteiger partial charge in [-0.2, -0.15) is 0 Å². The Morgan fingerprint density at radius 2 is 2.13 bits per heavy atom. The highest BCUT2D eigenvalue weighted by Gasteiger charge is 2.04. The topological polar surface area (TPSA) is 21.3 Å². The van der Waals surface area contributed by atoms with Crippen molar-refractivity contribution in [3.63, 3.8) is 0 Å². The van der Waals surface area contributed by atoms with Crippen molar-refractivity contribution in [2.75, 3.05) is 19.0 Å². The summed E-state index contributed by atoms with van der Waals surface area (Å²) in [6.45, 7) is 2.93. The average Bonchev–Trinajstić information content (AvgIpc) is 2.19. The molecule has 0 saturated heterocycles. The number of ether oxygens (including phenoxy) is 1. The van der Waals surface area contributed by atoms with Crippen LogP contribution in [0.5, 0.6) is 0 Å². The first kappa shape index (κ1) is 13.0. The van der Waals surface area contributed by atoms with E-state index in [9.17, 15) is 0 Å². The summed E-state index contributed by atoms with van der Waals surface area (Å²) in [5.74, 6) is 0. The van der Waals surface area contributed by atoms with Gasteiger partial charge in [-0.15, -0.1) is 0 Å². The lowest BCUT2D eigenvalue weighted by Crippen LogP contribution is -2.17. The third kappa shape index (κ3) is 4.53. The lowest BCUT2D eigenvalue weighted by molar-refractivity contribution is 0.191. The van der Waals surface area contributed by atoms with E-state index in [-0.39, 0.29) is 0 Å². The summed E-state index contributed by atoms with van der Waals surface area (Å²) in [7, 11) is 1.72. The van der Waals surface area contributed by atoms with Crippen molar-refractivity contribution < 1.29 is 4.74 Å². The van der Waals surface area contributed by atoms with Crippen LogP contribution in [0.3, 0.4) is 0 Å². The third-order valence-corrected chi connectivity index (χ3v) is 3.24. The van der Waals surface area contributed by atoms with Crippen LogP contribution in [0.4, 0.5) is 5.69 Å². The van der Waals surface area contributed by atoms with Gasteiger partial charge in [0.15, 0.2) is 0 Å². The van der Waals surface area contributed by atoms with E-state index in [1.807, 2.05) is 12.1 Å². The molecule has 15 heavy (non-hydrogen) atoms. The monoisotopic (exact) mass is 335 g/mol. The number of halogens is 2. The van der Waals surface area contributed by atoms with Gasteiger partial charge in [0.25, 0.3) is 0 Å². The predicted octanol–water partition coefficient (Wildman–Crippen LogP) is 4.05. The van der Waals surface area contributed by atoms with Crippen LogP contribution in [0, 0.1) is 0 Å². The van der Waals surface area contributed by atoms with Crippen molar-refractivity contribution in [3.05, 3.63) is 27.1 Å². The summed E-state index contributed by atoms with van der Waals surface area (Å²) in [5.41, 5.74) is 1.11. The largest absolute Gasteiger partial charge is 0.385 e. The second-order valence-electron chi connectivity index (χ2n) is 3.45. The molecule has 0 saturated carbocycles. The molecule has 1 N–H and O–H groups in total. The van der Waals surface area contributed by atoms with Crippen molar-refractivity contribution >= 4 is 37.5 Å². The molecule has 4 heteroatoms. The van der Waals surface area contributed by atoms with Gasteiger partial charge in [-0.1, -0.05) is 15.9 Å². The normalized spacial score (nSPS) is 12.5. The summed E-state index contributed by atoms with van der Waals surface area (Å²) in [4.78, 5) is 0. The highest BCUT2D eigenvalue weighted by atomic mass is 79.9. The molecule has 1 rings (SSSR count). The molecule has 0 amide bonds. The summed E-state index contributed by atoms with van der Waals surface area (Å²) in [6, 6.07) is 6.52. The third-order valence-electron chi connectivity index (χ3n) is 2.09. The maximum absolute atomic E-state index is 5.04. The van der Waals surface area contributed by atoms with E-state index in [4.69, 9.17) is 4.74 Å². The summed E-state index contributed by atoms with van der Waals surface area (Å²) in [5, 5.41) is 3.42. The van der Waals surface area contributed by atoms with Gasteiger partial charge in [0.1, 0.15) is 0 Å². The van der Waals surface area contributed by atoms with Crippen LogP contribution in [0.1, 0.15) is 13.3 Å². The van der Waals surface area contributed by atoms with Gasteiger partial charge in [0.05, 0.1) is 0 Å². The second kappa shape index (κ2) is 6.51. The van der Waals surface area contributed by atoms with E-state index in [1.165, 1.54) is 0 Å². The number of anilines is 1. The lowest BCUT2D eigenvalue weighted by atomic mass is 10.2. The van der Waals surface area contributed by atoms with Crippen LogP contribution in [0.2, 0.25) is 0 Å². The summed E-state index contributed by atoms with van der Waals surface area (Å²) >= 11 is 6.95. The smallest absolute Gasteiger partial charge is 0.0487 e. The van der Waals surface area contributed by atoms with Crippen molar-refractivity contribution in [1.29, 1.82) is 0 Å². The van der Waals surface area contributed by atoms with Gasteiger partial charge in [-0.05, 0) is 47.5 Å². The SMILES string of the molecule is COCCC(C)Nc1ccc(Br)cc1Br. The van der Waals surface area contributed by atoms with Gasteiger partial charge in [-0.25, -0.2) is 0 Å². The molecule has 84 valence electrons. The fourth-order valence-electron chi connectivity index (χ4n) is 1.24. The molecule has 1 atom stereocenters. The van der Waals surface area contributed by atoms with Crippen molar-refractivity contribution in [2.24, 2.45) is 0 Å². The molecular formula is C11H15Br2NO. The predicted molar refractivity (Wildman–Crippen MR) is 71.4 cm³/mol. The lowest BCUT2D eigenvalue weighted by Gasteiger charge is -2.16. The van der Waals surface area contributed by atoms with E-state index >= 15 is 0 Å². The number of benzene rings is 1. The molecule has 1 aromatic rings. The first-order chi connectivity index (χ1) is 7.13. The molecule has 0 heterocycles. The van der Waals surface area contributed by atoms with Gasteiger partial charge >= 0.3 is 0 Å².